The molecule has 1 atom stereocenters. The van der Waals surface area contributed by atoms with Gasteiger partial charge in [0.1, 0.15) is 11.3 Å². The number of thioether (sulfide) groups is 1. The predicted molar refractivity (Wildman–Crippen MR) is 138 cm³/mol. The van der Waals surface area contributed by atoms with Crippen LogP contribution in [0.4, 0.5) is 11.4 Å². The fraction of sp³-hybridized carbons (Fsp3) is 0.200. The van der Waals surface area contributed by atoms with Crippen molar-refractivity contribution in [2.75, 3.05) is 17.1 Å². The van der Waals surface area contributed by atoms with Crippen molar-refractivity contribution >= 4 is 50.2 Å². The monoisotopic (exact) mass is 511 g/mol. The first-order valence-electron chi connectivity index (χ1n) is 10.9. The summed E-state index contributed by atoms with van der Waals surface area (Å²) in [6, 6.07) is 18.7. The Hall–Kier alpha value is -3.50. The molecule has 4 aromatic rings. The lowest BCUT2D eigenvalue weighted by Gasteiger charge is -2.10. The maximum Gasteiger partial charge on any atom is 0.261 e. The van der Waals surface area contributed by atoms with Gasteiger partial charge in [-0.2, -0.15) is 0 Å². The van der Waals surface area contributed by atoms with Crippen molar-refractivity contribution in [3.05, 3.63) is 72.3 Å². The fourth-order valence-electron chi connectivity index (χ4n) is 3.25. The molecule has 3 aromatic carbocycles. The van der Waals surface area contributed by atoms with E-state index in [0.29, 0.717) is 22.5 Å². The summed E-state index contributed by atoms with van der Waals surface area (Å²) in [5.41, 5.74) is 3.13. The van der Waals surface area contributed by atoms with E-state index in [0.717, 1.165) is 23.9 Å². The van der Waals surface area contributed by atoms with E-state index >= 15 is 0 Å². The number of carbonyl (C=O) groups excluding carboxylic acids is 1. The van der Waals surface area contributed by atoms with Gasteiger partial charge in [-0.25, -0.2) is 13.4 Å². The van der Waals surface area contributed by atoms with Crippen LogP contribution in [0.2, 0.25) is 0 Å². The number of carbonyl (C=O) groups is 1. The van der Waals surface area contributed by atoms with Gasteiger partial charge in [0.2, 0.25) is 5.91 Å². The molecule has 10 heteroatoms. The summed E-state index contributed by atoms with van der Waals surface area (Å²) in [4.78, 5) is 17.0. The zero-order chi connectivity index (χ0) is 25.0. The first-order chi connectivity index (χ1) is 16.8. The maximum atomic E-state index is 12.8. The van der Waals surface area contributed by atoms with E-state index in [1.807, 2.05) is 24.3 Å². The molecule has 0 fully saturated rings. The van der Waals surface area contributed by atoms with Crippen LogP contribution in [0.15, 0.2) is 81.3 Å². The summed E-state index contributed by atoms with van der Waals surface area (Å²) >= 11 is 1.16. The molecule has 0 saturated carbocycles. The molecule has 1 amide bonds. The van der Waals surface area contributed by atoms with Gasteiger partial charge in [0.15, 0.2) is 5.58 Å². The normalized spacial score (nSPS) is 12.3. The van der Waals surface area contributed by atoms with Crippen molar-refractivity contribution < 1.29 is 22.4 Å². The molecular formula is C25H25N3O5S2. The summed E-state index contributed by atoms with van der Waals surface area (Å²) in [5.74, 6) is 0.438. The summed E-state index contributed by atoms with van der Waals surface area (Å²) < 4.78 is 39.0. The Kier molecular flexibility index (Phi) is 7.32. The van der Waals surface area contributed by atoms with Crippen LogP contribution in [0.25, 0.3) is 11.1 Å². The van der Waals surface area contributed by atoms with Gasteiger partial charge in [-0.1, -0.05) is 30.8 Å². The summed E-state index contributed by atoms with van der Waals surface area (Å²) in [7, 11) is -2.30. The molecule has 0 spiro atoms. The van der Waals surface area contributed by atoms with Gasteiger partial charge in [-0.15, -0.1) is 0 Å². The van der Waals surface area contributed by atoms with Crippen LogP contribution in [-0.2, 0) is 21.2 Å². The quantitative estimate of drug-likeness (QED) is 0.293. The smallest absolute Gasteiger partial charge is 0.261 e. The first-order valence-corrected chi connectivity index (χ1v) is 13.3. The lowest BCUT2D eigenvalue weighted by Crippen LogP contribution is -2.22. The standard InChI is InChI=1S/C25H25N3O5S2/c1-4-17-5-7-18(8-6-17)26-24(29)16(2)34-25-27-22-15-21(13-14-23(22)33-25)35(30,31)28-19-9-11-20(32-3)12-10-19/h5-16,28H,4H2,1-3H3,(H,26,29). The van der Waals surface area contributed by atoms with Gasteiger partial charge in [0.25, 0.3) is 15.2 Å². The Balaban J connectivity index is 1.45. The van der Waals surface area contributed by atoms with E-state index in [-0.39, 0.29) is 16.0 Å². The number of nitrogens with zero attached hydrogens (tertiary/aromatic N) is 1. The number of ether oxygens (including phenoxy) is 1. The average molecular weight is 512 g/mol. The second kappa shape index (κ2) is 10.4. The van der Waals surface area contributed by atoms with E-state index < -0.39 is 15.3 Å². The number of nitrogens with one attached hydrogen (secondary N) is 2. The van der Waals surface area contributed by atoms with Gasteiger partial charge >= 0.3 is 0 Å². The number of oxazole rings is 1. The van der Waals surface area contributed by atoms with Crippen LogP contribution in [-0.4, -0.2) is 31.7 Å². The molecule has 1 aromatic heterocycles. The predicted octanol–water partition coefficient (Wildman–Crippen LogP) is 5.32. The third-order valence-corrected chi connectivity index (χ3v) is 7.59. The molecule has 0 aliphatic rings. The van der Waals surface area contributed by atoms with Crippen LogP contribution < -0.4 is 14.8 Å². The molecule has 2 N–H and O–H groups in total. The topological polar surface area (TPSA) is 111 Å². The Bertz CT molecular complexity index is 1430. The molecule has 0 aliphatic carbocycles. The lowest BCUT2D eigenvalue weighted by molar-refractivity contribution is -0.115. The number of rotatable bonds is 9. The van der Waals surface area contributed by atoms with E-state index in [1.165, 1.54) is 24.8 Å². The molecule has 0 aliphatic heterocycles. The van der Waals surface area contributed by atoms with E-state index in [4.69, 9.17) is 9.15 Å². The number of fused-ring (bicyclic) bond motifs is 1. The fourth-order valence-corrected chi connectivity index (χ4v) is 5.08. The van der Waals surface area contributed by atoms with Gasteiger partial charge in [-0.05, 0) is 73.5 Å². The van der Waals surface area contributed by atoms with E-state index in [1.54, 1.807) is 37.3 Å². The Labute approximate surface area is 208 Å². The number of hydrogen-bond acceptors (Lipinski definition) is 7. The molecule has 8 nitrogen and oxygen atoms in total. The Morgan fingerprint density at radius 1 is 1.06 bits per heavy atom. The van der Waals surface area contributed by atoms with Crippen LogP contribution in [0.5, 0.6) is 5.75 Å². The SMILES string of the molecule is CCc1ccc(NC(=O)C(C)Sc2nc3cc(S(=O)(=O)Nc4ccc(OC)cc4)ccc3o2)cc1. The number of amides is 1. The number of hydrogen-bond donors (Lipinski definition) is 2. The molecule has 182 valence electrons. The molecule has 0 saturated heterocycles. The number of methoxy groups -OCH3 is 1. The average Bonchev–Trinajstić information content (AvgIpc) is 3.26. The number of aryl methyl sites for hydroxylation is 1. The molecule has 1 heterocycles. The minimum Gasteiger partial charge on any atom is -0.497 e. The molecule has 1 unspecified atom stereocenters. The van der Waals surface area contributed by atoms with Crippen LogP contribution in [0, 0.1) is 0 Å². The maximum absolute atomic E-state index is 12.8. The first kappa shape index (κ1) is 24.6. The molecular weight excluding hydrogens is 486 g/mol. The van der Waals surface area contributed by atoms with Crippen molar-refractivity contribution in [1.82, 2.24) is 4.98 Å². The van der Waals surface area contributed by atoms with Crippen molar-refractivity contribution in [1.29, 1.82) is 0 Å². The second-order valence-electron chi connectivity index (χ2n) is 7.74. The van der Waals surface area contributed by atoms with Crippen LogP contribution in [0.1, 0.15) is 19.4 Å². The molecule has 35 heavy (non-hydrogen) atoms. The van der Waals surface area contributed by atoms with Crippen LogP contribution in [0.3, 0.4) is 0 Å². The zero-order valence-electron chi connectivity index (χ0n) is 19.4. The largest absolute Gasteiger partial charge is 0.497 e. The number of aromatic nitrogens is 1. The van der Waals surface area contributed by atoms with Crippen LogP contribution >= 0.6 is 11.8 Å². The number of sulfonamides is 1. The highest BCUT2D eigenvalue weighted by Gasteiger charge is 2.20. The Morgan fingerprint density at radius 2 is 1.74 bits per heavy atom. The zero-order valence-corrected chi connectivity index (χ0v) is 21.1. The highest BCUT2D eigenvalue weighted by atomic mass is 32.2. The van der Waals surface area contributed by atoms with Gasteiger partial charge in [-0.3, -0.25) is 9.52 Å². The van der Waals surface area contributed by atoms with Crippen molar-refractivity contribution in [3.63, 3.8) is 0 Å². The minimum atomic E-state index is -3.83. The third-order valence-electron chi connectivity index (χ3n) is 5.27. The number of benzene rings is 3. The molecule has 0 bridgehead atoms. The van der Waals surface area contributed by atoms with E-state index in [9.17, 15) is 13.2 Å². The van der Waals surface area contributed by atoms with Gasteiger partial charge < -0.3 is 14.5 Å². The minimum absolute atomic E-state index is 0.0481. The third kappa shape index (κ3) is 5.95. The van der Waals surface area contributed by atoms with Gasteiger partial charge in [0.05, 0.1) is 17.3 Å². The Morgan fingerprint density at radius 3 is 2.40 bits per heavy atom. The lowest BCUT2D eigenvalue weighted by atomic mass is 10.1. The number of anilines is 2. The highest BCUT2D eigenvalue weighted by molar-refractivity contribution is 8.00. The summed E-state index contributed by atoms with van der Waals surface area (Å²) in [5, 5.41) is 2.68. The molecule has 0 radical (unpaired) electrons. The molecule has 4 rings (SSSR count). The van der Waals surface area contributed by atoms with Crippen molar-refractivity contribution in [3.8, 4) is 5.75 Å². The van der Waals surface area contributed by atoms with Crippen molar-refractivity contribution in [2.45, 2.75) is 35.6 Å². The van der Waals surface area contributed by atoms with E-state index in [2.05, 4.69) is 21.9 Å². The summed E-state index contributed by atoms with van der Waals surface area (Å²) in [6.07, 6.45) is 0.929. The highest BCUT2D eigenvalue weighted by Crippen LogP contribution is 2.29. The van der Waals surface area contributed by atoms with Gasteiger partial charge in [0, 0.05) is 11.4 Å². The second-order valence-corrected chi connectivity index (χ2v) is 10.7. The van der Waals surface area contributed by atoms with Crippen molar-refractivity contribution in [2.24, 2.45) is 0 Å². The summed E-state index contributed by atoms with van der Waals surface area (Å²) in [6.45, 7) is 3.83.